The number of piperidine rings is 3. The van der Waals surface area contributed by atoms with Gasteiger partial charge in [-0.3, -0.25) is 4.79 Å². The summed E-state index contributed by atoms with van der Waals surface area (Å²) < 4.78 is 6.06. The maximum absolute atomic E-state index is 13.0. The Morgan fingerprint density at radius 2 is 1.53 bits per heavy atom. The molecular formula is C39H55Br2N5O5. The monoisotopic (exact) mass is 831 g/mol. The van der Waals surface area contributed by atoms with Crippen LogP contribution in [-0.4, -0.2) is 108 Å². The molecule has 0 spiro atoms. The lowest BCUT2D eigenvalue weighted by Crippen LogP contribution is -2.51. The number of rotatable bonds is 6. The van der Waals surface area contributed by atoms with Gasteiger partial charge in [0.2, 0.25) is 5.91 Å². The fourth-order valence-electron chi connectivity index (χ4n) is 7.95. The minimum Gasteiger partial charge on any atom is -0.506 e. The Morgan fingerprint density at radius 1 is 0.941 bits per heavy atom. The van der Waals surface area contributed by atoms with Gasteiger partial charge in [0, 0.05) is 56.4 Å². The van der Waals surface area contributed by atoms with Crippen molar-refractivity contribution in [2.75, 3.05) is 58.2 Å². The van der Waals surface area contributed by atoms with E-state index in [1.165, 1.54) is 45.0 Å². The molecule has 51 heavy (non-hydrogen) atoms. The molecule has 0 bridgehead atoms. The van der Waals surface area contributed by atoms with Crippen molar-refractivity contribution >= 4 is 55.6 Å². The second-order valence-electron chi connectivity index (χ2n) is 15.0. The number of carbonyl (C=O) groups excluding carboxylic acids is 3. The molecule has 2 N–H and O–H groups in total. The number of benzene rings is 2. The third-order valence-electron chi connectivity index (χ3n) is 11.7. The number of aromatic hydroxyl groups is 1. The van der Waals surface area contributed by atoms with Crippen LogP contribution in [0.2, 0.25) is 0 Å². The number of nitrogens with zero attached hydrogens (tertiary/aromatic N) is 4. The van der Waals surface area contributed by atoms with Gasteiger partial charge in [0.1, 0.15) is 5.75 Å². The van der Waals surface area contributed by atoms with E-state index in [9.17, 15) is 19.5 Å². The number of para-hydroxylation sites is 1. The fraction of sp³-hybridized carbons (Fsp3) is 0.615. The number of hydrogen-bond donors (Lipinski definition) is 2. The average Bonchev–Trinajstić information content (AvgIpc) is 3.32. The smallest absolute Gasteiger partial charge is 0.409 e. The normalized spacial score (nSPS) is 20.7. The van der Waals surface area contributed by atoms with Crippen LogP contribution in [0.25, 0.3) is 0 Å². The first-order valence-electron chi connectivity index (χ1n) is 18.6. The minimum atomic E-state index is -0.286. The maximum atomic E-state index is 13.0. The Bertz CT molecular complexity index is 1490. The zero-order valence-electron chi connectivity index (χ0n) is 30.6. The van der Waals surface area contributed by atoms with Crippen LogP contribution in [0.3, 0.4) is 0 Å². The summed E-state index contributed by atoms with van der Waals surface area (Å²) in [6.07, 6.45) is 8.90. The highest BCUT2D eigenvalue weighted by atomic mass is 79.9. The Kier molecular flexibility index (Phi) is 13.7. The van der Waals surface area contributed by atoms with Gasteiger partial charge in [0.25, 0.3) is 0 Å². The molecule has 12 heteroatoms. The van der Waals surface area contributed by atoms with Crippen molar-refractivity contribution < 1.29 is 24.2 Å². The number of urea groups is 1. The summed E-state index contributed by atoms with van der Waals surface area (Å²) in [6, 6.07) is 12.5. The first kappa shape index (κ1) is 39.4. The lowest BCUT2D eigenvalue weighted by atomic mass is 9.77. The van der Waals surface area contributed by atoms with Gasteiger partial charge in [-0.2, -0.15) is 0 Å². The molecule has 0 aromatic heterocycles. The Hall–Kier alpha value is -2.83. The number of amides is 4. The van der Waals surface area contributed by atoms with Gasteiger partial charge >= 0.3 is 12.1 Å². The summed E-state index contributed by atoms with van der Waals surface area (Å²) in [5.41, 5.74) is 3.65. The summed E-state index contributed by atoms with van der Waals surface area (Å²) >= 11 is 6.75. The topological polar surface area (TPSA) is 106 Å². The van der Waals surface area contributed by atoms with Gasteiger partial charge in [-0.25, -0.2) is 9.59 Å². The quantitative estimate of drug-likeness (QED) is 0.307. The molecule has 1 atom stereocenters. The van der Waals surface area contributed by atoms with Crippen molar-refractivity contribution in [3.63, 3.8) is 0 Å². The van der Waals surface area contributed by atoms with Gasteiger partial charge in [0.05, 0.1) is 16.1 Å². The van der Waals surface area contributed by atoms with Crippen LogP contribution in [0.1, 0.15) is 76.8 Å². The van der Waals surface area contributed by atoms with Crippen LogP contribution < -0.4 is 5.32 Å². The Labute approximate surface area is 320 Å². The molecule has 4 heterocycles. The predicted molar refractivity (Wildman–Crippen MR) is 208 cm³/mol. The summed E-state index contributed by atoms with van der Waals surface area (Å²) in [4.78, 5) is 45.3. The second-order valence-corrected chi connectivity index (χ2v) is 16.7. The third-order valence-corrected chi connectivity index (χ3v) is 12.9. The van der Waals surface area contributed by atoms with Gasteiger partial charge in [-0.1, -0.05) is 45.4 Å². The maximum Gasteiger partial charge on any atom is 0.409 e. The molecule has 6 rings (SSSR count). The molecule has 0 aliphatic carbocycles. The number of halogens is 2. The highest BCUT2D eigenvalue weighted by molar-refractivity contribution is 9.11. The van der Waals surface area contributed by atoms with Gasteiger partial charge in [-0.05, 0) is 131 Å². The number of phenols is 1. The average molecular weight is 834 g/mol. The van der Waals surface area contributed by atoms with E-state index in [1.807, 2.05) is 42.2 Å². The number of ether oxygens (including phenoxy) is 1. The zero-order chi connectivity index (χ0) is 36.7. The van der Waals surface area contributed by atoms with Crippen LogP contribution in [-0.2, 0) is 22.4 Å². The lowest BCUT2D eigenvalue weighted by Gasteiger charge is -2.45. The number of anilines is 1. The molecule has 0 radical (unpaired) electrons. The fourth-order valence-corrected chi connectivity index (χ4v) is 9.23. The molecule has 0 unspecified atom stereocenters. The van der Waals surface area contributed by atoms with Crippen molar-refractivity contribution in [2.45, 2.75) is 90.6 Å². The molecule has 3 fully saturated rings. The van der Waals surface area contributed by atoms with Crippen LogP contribution in [0.4, 0.5) is 15.3 Å². The van der Waals surface area contributed by atoms with E-state index in [-0.39, 0.29) is 35.7 Å². The highest BCUT2D eigenvalue weighted by Crippen LogP contribution is 2.36. The molecule has 4 amide bonds. The van der Waals surface area contributed by atoms with Crippen molar-refractivity contribution in [1.29, 1.82) is 0 Å². The molecule has 0 saturated carbocycles. The number of carbonyl (C=O) groups is 3. The number of phenolic OH excluding ortho intramolecular Hbond substituents is 1. The number of likely N-dealkylation sites (tertiary alicyclic amines) is 3. The molecule has 2 aromatic rings. The number of fused-ring (bicyclic) bond motifs is 1. The molecule has 10 nitrogen and oxygen atoms in total. The second kappa shape index (κ2) is 17.8. The number of hydrogen-bond acceptors (Lipinski definition) is 6. The van der Waals surface area contributed by atoms with E-state index in [1.54, 1.807) is 4.90 Å². The van der Waals surface area contributed by atoms with Crippen LogP contribution in [0, 0.1) is 11.3 Å². The Morgan fingerprint density at radius 3 is 2.14 bits per heavy atom. The summed E-state index contributed by atoms with van der Waals surface area (Å²) in [7, 11) is 1.40. The lowest BCUT2D eigenvalue weighted by molar-refractivity contribution is -0.136. The van der Waals surface area contributed by atoms with Crippen LogP contribution >= 0.6 is 31.9 Å². The molecule has 2 aromatic carbocycles. The van der Waals surface area contributed by atoms with E-state index >= 15 is 0 Å². The molecular weight excluding hydrogens is 778 g/mol. The van der Waals surface area contributed by atoms with E-state index in [0.717, 1.165) is 56.4 Å². The third kappa shape index (κ3) is 9.99. The van der Waals surface area contributed by atoms with Crippen molar-refractivity contribution in [3.8, 4) is 5.75 Å². The van der Waals surface area contributed by atoms with Crippen molar-refractivity contribution in [2.24, 2.45) is 11.3 Å². The SMILES string of the molecule is CCC1(C)CCN(C2CCN(C(=O)[C@H](C)Cc3cc(Br)c(O)c(Br)c3)CC2)CC1.COC(=O)N1CCC(N2CCc3ccccc3NC2=O)CC1. The van der Waals surface area contributed by atoms with Crippen molar-refractivity contribution in [3.05, 3.63) is 56.5 Å². The standard InChI is InChI=1S/C23H34Br2N2O2.C16H21N3O3/c1-4-23(3)7-11-26(12-8-23)18-5-9-27(10-6-18)22(29)16(2)13-17-14-19(24)21(28)20(25)15-17;1-22-16(21)18-9-7-13(8-10-18)19-11-6-12-4-2-3-5-14(12)17-15(19)20/h14-16,18,28H,4-13H2,1-3H3;2-5,13H,6-11H2,1H3,(H,17,20)/t16-;/m1./s1. The number of methoxy groups -OCH3 is 1. The van der Waals surface area contributed by atoms with E-state index < -0.39 is 0 Å². The summed E-state index contributed by atoms with van der Waals surface area (Å²) in [6.45, 7) is 12.9. The minimum absolute atomic E-state index is 0.0403. The largest absolute Gasteiger partial charge is 0.506 e. The molecule has 4 aliphatic heterocycles. The van der Waals surface area contributed by atoms with Crippen LogP contribution in [0.5, 0.6) is 5.75 Å². The molecule has 4 aliphatic rings. The molecule has 3 saturated heterocycles. The van der Waals surface area contributed by atoms with E-state index in [0.29, 0.717) is 46.5 Å². The first-order valence-corrected chi connectivity index (χ1v) is 20.2. The zero-order valence-corrected chi connectivity index (χ0v) is 33.8. The van der Waals surface area contributed by atoms with E-state index in [4.69, 9.17) is 4.74 Å². The first-order chi connectivity index (χ1) is 24.4. The predicted octanol–water partition coefficient (Wildman–Crippen LogP) is 7.91. The summed E-state index contributed by atoms with van der Waals surface area (Å²) in [5, 5.41) is 12.9. The van der Waals surface area contributed by atoms with Crippen LogP contribution in [0.15, 0.2) is 45.3 Å². The molecule has 280 valence electrons. The Balaban J connectivity index is 0.000000205. The van der Waals surface area contributed by atoms with Crippen molar-refractivity contribution in [1.82, 2.24) is 19.6 Å². The van der Waals surface area contributed by atoms with Gasteiger partial charge in [0.15, 0.2) is 0 Å². The highest BCUT2D eigenvalue weighted by Gasteiger charge is 2.35. The van der Waals surface area contributed by atoms with Gasteiger partial charge in [-0.15, -0.1) is 0 Å². The summed E-state index contributed by atoms with van der Waals surface area (Å²) in [5.74, 6) is 0.392. The van der Waals surface area contributed by atoms with Gasteiger partial charge < -0.3 is 34.8 Å². The number of nitrogens with one attached hydrogen (secondary N) is 1. The van der Waals surface area contributed by atoms with E-state index in [2.05, 4.69) is 66.9 Å².